The molecule has 2 aromatic rings. The molecule has 2 N–H and O–H groups in total. The van der Waals surface area contributed by atoms with E-state index in [9.17, 15) is 4.79 Å². The molecule has 0 bridgehead atoms. The van der Waals surface area contributed by atoms with Gasteiger partial charge >= 0.3 is 5.97 Å². The van der Waals surface area contributed by atoms with Gasteiger partial charge in [0.2, 0.25) is 0 Å². The summed E-state index contributed by atoms with van der Waals surface area (Å²) in [6.45, 7) is 1.21. The number of imidazole rings is 1. The van der Waals surface area contributed by atoms with Crippen molar-refractivity contribution in [2.24, 2.45) is 0 Å². The van der Waals surface area contributed by atoms with Gasteiger partial charge in [0, 0.05) is 29.4 Å². The van der Waals surface area contributed by atoms with Crippen molar-refractivity contribution < 1.29 is 9.90 Å². The number of aromatic carboxylic acids is 1. The highest BCUT2D eigenvalue weighted by Crippen LogP contribution is 2.20. The van der Waals surface area contributed by atoms with Crippen molar-refractivity contribution in [3.8, 4) is 6.07 Å². The minimum atomic E-state index is -1.03. The van der Waals surface area contributed by atoms with Gasteiger partial charge in [0.15, 0.2) is 5.69 Å². The van der Waals surface area contributed by atoms with Crippen LogP contribution in [0.25, 0.3) is 0 Å². The summed E-state index contributed by atoms with van der Waals surface area (Å²) < 4.78 is 2.44. The molecule has 102 valence electrons. The first kappa shape index (κ1) is 14.1. The van der Waals surface area contributed by atoms with E-state index < -0.39 is 5.97 Å². The Morgan fingerprint density at radius 3 is 2.95 bits per heavy atom. The van der Waals surface area contributed by atoms with Gasteiger partial charge in [-0.05, 0) is 34.1 Å². The molecule has 0 saturated carbocycles. The van der Waals surface area contributed by atoms with Gasteiger partial charge in [0.05, 0.1) is 11.9 Å². The number of nitrogens with one attached hydrogen (secondary N) is 1. The Hall–Kier alpha value is -2.33. The van der Waals surface area contributed by atoms with Crippen molar-refractivity contribution in [3.63, 3.8) is 0 Å². The molecular formula is C13H11BrN4O2. The van der Waals surface area contributed by atoms with Crippen LogP contribution in [-0.4, -0.2) is 27.2 Å². The van der Waals surface area contributed by atoms with Crippen LogP contribution in [0.15, 0.2) is 35.2 Å². The van der Waals surface area contributed by atoms with Crippen LogP contribution in [0.2, 0.25) is 0 Å². The van der Waals surface area contributed by atoms with Crippen molar-refractivity contribution in [1.82, 2.24) is 9.55 Å². The summed E-state index contributed by atoms with van der Waals surface area (Å²) in [5.74, 6) is -1.03. The van der Waals surface area contributed by atoms with E-state index in [0.717, 1.165) is 10.2 Å². The lowest BCUT2D eigenvalue weighted by Crippen LogP contribution is -2.09. The molecule has 0 radical (unpaired) electrons. The molecule has 7 heteroatoms. The zero-order valence-electron chi connectivity index (χ0n) is 10.4. The number of halogens is 1. The molecule has 0 aliphatic rings. The minimum absolute atomic E-state index is 0.0334. The van der Waals surface area contributed by atoms with E-state index in [2.05, 4.69) is 32.3 Å². The monoisotopic (exact) mass is 334 g/mol. The third-order valence-corrected chi connectivity index (χ3v) is 3.30. The first-order valence-corrected chi connectivity index (χ1v) is 6.58. The fraction of sp³-hybridized carbons (Fsp3) is 0.154. The van der Waals surface area contributed by atoms with Gasteiger partial charge in [-0.25, -0.2) is 9.78 Å². The predicted molar refractivity (Wildman–Crippen MR) is 76.5 cm³/mol. The molecule has 0 amide bonds. The van der Waals surface area contributed by atoms with E-state index in [4.69, 9.17) is 10.4 Å². The summed E-state index contributed by atoms with van der Waals surface area (Å²) in [5, 5.41) is 20.8. The van der Waals surface area contributed by atoms with Gasteiger partial charge in [0.1, 0.15) is 6.07 Å². The largest absolute Gasteiger partial charge is 0.476 e. The number of nitrogens with zero attached hydrogens (tertiary/aromatic N) is 3. The lowest BCUT2D eigenvalue weighted by molar-refractivity contribution is 0.0691. The van der Waals surface area contributed by atoms with E-state index in [1.807, 2.05) is 12.1 Å². The van der Waals surface area contributed by atoms with Crippen molar-refractivity contribution >= 4 is 27.6 Å². The van der Waals surface area contributed by atoms with Crippen molar-refractivity contribution in [2.75, 3.05) is 11.9 Å². The molecule has 0 saturated heterocycles. The normalized spacial score (nSPS) is 10.0. The number of aromatic nitrogens is 2. The number of nitriles is 1. The molecule has 6 nitrogen and oxygen atoms in total. The maximum absolute atomic E-state index is 10.7. The average Bonchev–Trinajstić information content (AvgIpc) is 2.88. The Balaban J connectivity index is 1.91. The van der Waals surface area contributed by atoms with Crippen molar-refractivity contribution in [3.05, 3.63) is 46.5 Å². The van der Waals surface area contributed by atoms with Crippen molar-refractivity contribution in [1.29, 1.82) is 5.26 Å². The molecule has 0 spiro atoms. The summed E-state index contributed by atoms with van der Waals surface area (Å²) in [6, 6.07) is 7.45. The number of carboxylic acid groups (broad SMARTS) is 1. The Kier molecular flexibility index (Phi) is 4.38. The van der Waals surface area contributed by atoms with E-state index in [0.29, 0.717) is 18.7 Å². The van der Waals surface area contributed by atoms with Crippen LogP contribution >= 0.6 is 15.9 Å². The zero-order chi connectivity index (χ0) is 14.5. The number of hydrogen-bond donors (Lipinski definition) is 2. The number of benzene rings is 1. The van der Waals surface area contributed by atoms with Crippen molar-refractivity contribution in [2.45, 2.75) is 6.54 Å². The van der Waals surface area contributed by atoms with Gasteiger partial charge in [-0.2, -0.15) is 5.26 Å². The second-order valence-electron chi connectivity index (χ2n) is 4.04. The molecule has 0 fully saturated rings. The van der Waals surface area contributed by atoms with Crippen LogP contribution in [0.4, 0.5) is 5.69 Å². The number of carbonyl (C=O) groups is 1. The second kappa shape index (κ2) is 6.21. The van der Waals surface area contributed by atoms with E-state index in [1.165, 1.54) is 12.5 Å². The molecule has 20 heavy (non-hydrogen) atoms. The Morgan fingerprint density at radius 2 is 2.35 bits per heavy atom. The van der Waals surface area contributed by atoms with E-state index >= 15 is 0 Å². The first-order valence-electron chi connectivity index (χ1n) is 5.79. The third-order valence-electron chi connectivity index (χ3n) is 2.64. The minimum Gasteiger partial charge on any atom is -0.476 e. The zero-order valence-corrected chi connectivity index (χ0v) is 12.0. The van der Waals surface area contributed by atoms with Gasteiger partial charge in [-0.3, -0.25) is 0 Å². The van der Waals surface area contributed by atoms with E-state index in [1.54, 1.807) is 10.6 Å². The fourth-order valence-corrected chi connectivity index (χ4v) is 2.11. The highest BCUT2D eigenvalue weighted by Gasteiger charge is 2.06. The molecule has 0 aliphatic carbocycles. The number of rotatable bonds is 5. The average molecular weight is 335 g/mol. The van der Waals surface area contributed by atoms with Crippen LogP contribution in [0.5, 0.6) is 0 Å². The van der Waals surface area contributed by atoms with Crippen LogP contribution in [0, 0.1) is 11.3 Å². The molecule has 1 aromatic heterocycles. The Morgan fingerprint density at radius 1 is 1.55 bits per heavy atom. The standard InChI is InChI=1S/C13H11BrN4O2/c14-11-5-10(2-1-9(11)6-15)16-3-4-18-7-12(13(19)20)17-8-18/h1-2,5,7-8,16H,3-4H2,(H,19,20). The summed E-state index contributed by atoms with van der Waals surface area (Å²) in [5.41, 5.74) is 1.50. The lowest BCUT2D eigenvalue weighted by Gasteiger charge is -2.07. The topological polar surface area (TPSA) is 90.9 Å². The number of hydrogen-bond acceptors (Lipinski definition) is 4. The molecule has 1 aromatic carbocycles. The number of carboxylic acids is 1. The summed E-state index contributed by atoms with van der Waals surface area (Å²) in [6.07, 6.45) is 2.97. The quantitative estimate of drug-likeness (QED) is 0.875. The van der Waals surface area contributed by atoms with Gasteiger partial charge in [-0.15, -0.1) is 0 Å². The summed E-state index contributed by atoms with van der Waals surface area (Å²) in [4.78, 5) is 14.5. The maximum Gasteiger partial charge on any atom is 0.356 e. The van der Waals surface area contributed by atoms with E-state index in [-0.39, 0.29) is 5.69 Å². The summed E-state index contributed by atoms with van der Waals surface area (Å²) in [7, 11) is 0. The molecule has 0 unspecified atom stereocenters. The third kappa shape index (κ3) is 3.36. The highest BCUT2D eigenvalue weighted by molar-refractivity contribution is 9.10. The Labute approximate surface area is 123 Å². The van der Waals surface area contributed by atoms with Crippen LogP contribution in [0.1, 0.15) is 16.1 Å². The highest BCUT2D eigenvalue weighted by atomic mass is 79.9. The SMILES string of the molecule is N#Cc1ccc(NCCn2cnc(C(=O)O)c2)cc1Br. The smallest absolute Gasteiger partial charge is 0.356 e. The molecule has 0 aliphatic heterocycles. The van der Waals surface area contributed by atoms with Gasteiger partial charge < -0.3 is 15.0 Å². The van der Waals surface area contributed by atoms with Gasteiger partial charge in [0.25, 0.3) is 0 Å². The summed E-state index contributed by atoms with van der Waals surface area (Å²) >= 11 is 3.32. The molecule has 0 atom stereocenters. The fourth-order valence-electron chi connectivity index (χ4n) is 1.64. The van der Waals surface area contributed by atoms with Gasteiger partial charge in [-0.1, -0.05) is 0 Å². The molecule has 2 rings (SSSR count). The maximum atomic E-state index is 10.7. The number of anilines is 1. The predicted octanol–water partition coefficient (Wildman–Crippen LogP) is 2.33. The molecular weight excluding hydrogens is 324 g/mol. The van der Waals surface area contributed by atoms with Crippen LogP contribution < -0.4 is 5.32 Å². The first-order chi connectivity index (χ1) is 9.60. The van der Waals surface area contributed by atoms with Crippen LogP contribution in [-0.2, 0) is 6.54 Å². The van der Waals surface area contributed by atoms with Crippen LogP contribution in [0.3, 0.4) is 0 Å². The Bertz CT molecular complexity index is 675. The molecule has 1 heterocycles. The second-order valence-corrected chi connectivity index (χ2v) is 4.89. The lowest BCUT2D eigenvalue weighted by atomic mass is 10.2.